The van der Waals surface area contributed by atoms with Gasteiger partial charge < -0.3 is 25.2 Å². The first-order valence-corrected chi connectivity index (χ1v) is 17.7. The predicted molar refractivity (Wildman–Crippen MR) is 176 cm³/mol. The molecule has 20 nitrogen and oxygen atoms in total. The van der Waals surface area contributed by atoms with Crippen molar-refractivity contribution in [3.63, 3.8) is 0 Å². The van der Waals surface area contributed by atoms with E-state index in [1.54, 1.807) is 13.8 Å². The molecule has 4 saturated heterocycles. The minimum atomic E-state index is -1.88. The lowest BCUT2D eigenvalue weighted by molar-refractivity contribution is -0.204. The Labute approximate surface area is 301 Å². The molecule has 0 aromatic heterocycles. The van der Waals surface area contributed by atoms with Crippen LogP contribution >= 0.6 is 0 Å². The van der Waals surface area contributed by atoms with Crippen molar-refractivity contribution in [3.05, 3.63) is 0 Å². The average Bonchev–Trinajstić information content (AvgIpc) is 3.41. The third-order valence-corrected chi connectivity index (χ3v) is 9.93. The van der Waals surface area contributed by atoms with E-state index < -0.39 is 108 Å². The third-order valence-electron chi connectivity index (χ3n) is 9.93. The van der Waals surface area contributed by atoms with Crippen LogP contribution in [0.25, 0.3) is 0 Å². The first-order chi connectivity index (χ1) is 24.3. The van der Waals surface area contributed by atoms with Gasteiger partial charge in [0.15, 0.2) is 6.04 Å². The van der Waals surface area contributed by atoms with Gasteiger partial charge in [0, 0.05) is 19.6 Å². The normalized spacial score (nSPS) is 32.6. The fourth-order valence-corrected chi connectivity index (χ4v) is 7.08. The van der Waals surface area contributed by atoms with E-state index >= 15 is 0 Å². The quantitative estimate of drug-likeness (QED) is 0.114. The number of hydroxylamine groups is 4. The van der Waals surface area contributed by atoms with Crippen molar-refractivity contribution in [2.45, 2.75) is 122 Å². The van der Waals surface area contributed by atoms with Crippen LogP contribution in [0.5, 0.6) is 0 Å². The van der Waals surface area contributed by atoms with E-state index in [1.807, 2.05) is 0 Å². The predicted octanol–water partition coefficient (Wildman–Crippen LogP) is -2.76. The number of hydrogen-bond acceptors (Lipinski definition) is 14. The summed E-state index contributed by atoms with van der Waals surface area (Å²) in [5.74, 6) is -8.72. The van der Waals surface area contributed by atoms with Gasteiger partial charge in [0.25, 0.3) is 23.6 Å². The largest absolute Gasteiger partial charge is 0.458 e. The van der Waals surface area contributed by atoms with E-state index in [1.165, 1.54) is 20.8 Å². The maximum atomic E-state index is 14.3. The molecule has 7 N–H and O–H groups in total. The molecule has 4 aliphatic rings. The molecule has 0 saturated carbocycles. The van der Waals surface area contributed by atoms with Crippen LogP contribution in [0.15, 0.2) is 0 Å². The fraction of sp³-hybridized carbons (Fsp3) is 0.781. The highest BCUT2D eigenvalue weighted by molar-refractivity contribution is 5.97. The second-order valence-electron chi connectivity index (χ2n) is 14.7. The first-order valence-electron chi connectivity index (χ1n) is 17.7. The Morgan fingerprint density at radius 1 is 0.865 bits per heavy atom. The Bertz CT molecular complexity index is 1410. The number of nitrogens with zero attached hydrogens (tertiary/aromatic N) is 5. The number of ether oxygens (including phenoxy) is 1. The fourth-order valence-electron chi connectivity index (χ4n) is 7.08. The van der Waals surface area contributed by atoms with Crippen molar-refractivity contribution in [3.8, 4) is 0 Å². The SMILES string of the molecule is CC(O)C(=O)NC1C(=O)N2NCCCC2C(=O)N(O)CC(=O)N2NCCCC2C(=O)N2CCC(C)(O)C2C(=O)N(O)C(C(C)C)C(=O)OC1C(C)C. The van der Waals surface area contributed by atoms with Crippen LogP contribution in [0.1, 0.15) is 73.6 Å². The van der Waals surface area contributed by atoms with E-state index in [0.29, 0.717) is 12.8 Å². The first kappa shape index (κ1) is 40.8. The van der Waals surface area contributed by atoms with Gasteiger partial charge in [0.1, 0.15) is 42.9 Å². The molecule has 52 heavy (non-hydrogen) atoms. The molecule has 0 radical (unpaired) electrons. The van der Waals surface area contributed by atoms with Gasteiger partial charge in [-0.2, -0.15) is 0 Å². The maximum absolute atomic E-state index is 14.3. The number of amides is 6. The smallest absolute Gasteiger partial charge is 0.332 e. The van der Waals surface area contributed by atoms with Gasteiger partial charge in [-0.25, -0.2) is 25.8 Å². The number of nitrogens with one attached hydrogen (secondary N) is 3. The molecule has 20 heteroatoms. The Morgan fingerprint density at radius 3 is 2.00 bits per heavy atom. The molecular weight excluding hydrogens is 688 g/mol. The summed E-state index contributed by atoms with van der Waals surface area (Å²) in [4.78, 5) is 97.7. The van der Waals surface area contributed by atoms with Crippen LogP contribution in [-0.4, -0.2) is 161 Å². The van der Waals surface area contributed by atoms with Gasteiger partial charge in [0.2, 0.25) is 11.8 Å². The van der Waals surface area contributed by atoms with Gasteiger partial charge >= 0.3 is 5.97 Å². The molecule has 4 heterocycles. The molecule has 0 aliphatic carbocycles. The second kappa shape index (κ2) is 16.4. The molecule has 8 unspecified atom stereocenters. The molecule has 8 atom stereocenters. The van der Waals surface area contributed by atoms with Crippen LogP contribution < -0.4 is 16.2 Å². The number of rotatable bonds is 4. The zero-order valence-electron chi connectivity index (χ0n) is 30.4. The molecule has 0 aromatic rings. The highest BCUT2D eigenvalue weighted by atomic mass is 16.6. The number of carbonyl (C=O) groups is 7. The Morgan fingerprint density at radius 2 is 1.44 bits per heavy atom. The van der Waals surface area contributed by atoms with Crippen LogP contribution in [0.2, 0.25) is 0 Å². The lowest BCUT2D eigenvalue weighted by Crippen LogP contribution is -2.66. The summed E-state index contributed by atoms with van der Waals surface area (Å²) in [6, 6.07) is -7.86. The van der Waals surface area contributed by atoms with Crippen molar-refractivity contribution in [2.75, 3.05) is 26.2 Å². The minimum Gasteiger partial charge on any atom is -0.458 e. The summed E-state index contributed by atoms with van der Waals surface area (Å²) in [5.41, 5.74) is 3.70. The lowest BCUT2D eigenvalue weighted by atomic mass is 9.94. The molecule has 4 rings (SSSR count). The van der Waals surface area contributed by atoms with E-state index in [4.69, 9.17) is 4.74 Å². The molecule has 4 aliphatic heterocycles. The topological polar surface area (TPSA) is 262 Å². The number of carbonyl (C=O) groups excluding carboxylic acids is 7. The Balaban J connectivity index is 1.86. The summed E-state index contributed by atoms with van der Waals surface area (Å²) in [6.07, 6.45) is -2.32. The van der Waals surface area contributed by atoms with E-state index in [-0.39, 0.29) is 49.0 Å². The van der Waals surface area contributed by atoms with Gasteiger partial charge in [0.05, 0.1) is 5.60 Å². The molecule has 6 amide bonds. The van der Waals surface area contributed by atoms with Gasteiger partial charge in [-0.1, -0.05) is 27.7 Å². The number of aliphatic hydroxyl groups excluding tert-OH is 1. The van der Waals surface area contributed by atoms with Gasteiger partial charge in [-0.3, -0.25) is 49.2 Å². The molecule has 0 bridgehead atoms. The van der Waals surface area contributed by atoms with E-state index in [2.05, 4.69) is 16.2 Å². The van der Waals surface area contributed by atoms with E-state index in [0.717, 1.165) is 21.8 Å². The third kappa shape index (κ3) is 8.31. The number of hydrogen-bond donors (Lipinski definition) is 7. The zero-order chi connectivity index (χ0) is 38.8. The monoisotopic (exact) mass is 740 g/mol. The van der Waals surface area contributed by atoms with Crippen molar-refractivity contribution < 1.29 is 58.9 Å². The number of hydrazine groups is 2. The van der Waals surface area contributed by atoms with Crippen molar-refractivity contribution >= 4 is 41.4 Å². The highest BCUT2D eigenvalue weighted by Crippen LogP contribution is 2.33. The molecule has 0 spiro atoms. The molecular formula is C32H52N8O12. The average molecular weight is 741 g/mol. The summed E-state index contributed by atoms with van der Waals surface area (Å²) < 4.78 is 5.82. The van der Waals surface area contributed by atoms with Crippen LogP contribution in [0.4, 0.5) is 0 Å². The Kier molecular flexibility index (Phi) is 12.9. The highest BCUT2D eigenvalue weighted by Gasteiger charge is 2.54. The zero-order valence-corrected chi connectivity index (χ0v) is 30.4. The summed E-state index contributed by atoms with van der Waals surface area (Å²) in [5, 5.41) is 48.2. The van der Waals surface area contributed by atoms with Crippen LogP contribution in [0, 0.1) is 11.8 Å². The number of esters is 1. The van der Waals surface area contributed by atoms with Gasteiger partial charge in [-0.15, -0.1) is 0 Å². The summed E-state index contributed by atoms with van der Waals surface area (Å²) in [7, 11) is 0. The molecule has 0 aromatic carbocycles. The lowest BCUT2D eigenvalue weighted by Gasteiger charge is -2.41. The summed E-state index contributed by atoms with van der Waals surface area (Å²) in [6.45, 7) is 7.91. The second-order valence-corrected chi connectivity index (χ2v) is 14.7. The van der Waals surface area contributed by atoms with Crippen LogP contribution in [0.3, 0.4) is 0 Å². The summed E-state index contributed by atoms with van der Waals surface area (Å²) >= 11 is 0. The van der Waals surface area contributed by atoms with Gasteiger partial charge in [-0.05, 0) is 57.8 Å². The van der Waals surface area contributed by atoms with Crippen LogP contribution in [-0.2, 0) is 38.3 Å². The number of aliphatic hydroxyl groups is 2. The minimum absolute atomic E-state index is 0.0163. The molecule has 292 valence electrons. The van der Waals surface area contributed by atoms with Crippen molar-refractivity contribution in [2.24, 2.45) is 11.8 Å². The number of cyclic esters (lactones) is 1. The van der Waals surface area contributed by atoms with Crippen molar-refractivity contribution in [1.29, 1.82) is 0 Å². The van der Waals surface area contributed by atoms with E-state index in [9.17, 15) is 54.2 Å². The van der Waals surface area contributed by atoms with Crippen molar-refractivity contribution in [1.82, 2.24) is 41.2 Å². The standard InChI is InChI=1S/C32H52N8O12/c1-16(2)23-31(48)52-24(17(3)4)22(35-26(43)18(5)41)29(46)39-20(10-8-13-34-39)28(45)37(50)15-21(42)38-19(9-7-12-33-38)27(44)36-14-11-32(6,49)25(36)30(47)40(23)51/h16-20,22-25,33-34,41,49-51H,7-15H2,1-6H3,(H,35,43). The maximum Gasteiger partial charge on any atom is 0.332 e. The molecule has 4 fully saturated rings. The Hall–Kier alpha value is -3.95. The number of fused-ring (bicyclic) bond motifs is 3.